The van der Waals surface area contributed by atoms with E-state index < -0.39 is 15.9 Å². The SMILES string of the molecule is Cc1ccc(S(=O)(=O)Nc2ccc(Cl)c(C(=O)NCc3ccccc3-n3ccnc3)c2)cc1. The largest absolute Gasteiger partial charge is 0.348 e. The number of nitrogens with zero attached hydrogens (tertiary/aromatic N) is 2. The number of rotatable bonds is 7. The van der Waals surface area contributed by atoms with E-state index in [1.165, 1.54) is 30.3 Å². The van der Waals surface area contributed by atoms with Crippen molar-refractivity contribution in [1.82, 2.24) is 14.9 Å². The standard InChI is InChI=1S/C24H21ClN4O3S/c1-17-6-9-20(10-7-17)33(31,32)28-19-8-11-22(25)21(14-19)24(30)27-15-18-4-2-3-5-23(18)29-13-12-26-16-29/h2-14,16,28H,15H2,1H3,(H,27,30). The van der Waals surface area contributed by atoms with Crippen LogP contribution in [-0.4, -0.2) is 23.9 Å². The molecule has 0 bridgehead atoms. The summed E-state index contributed by atoms with van der Waals surface area (Å²) in [4.78, 5) is 17.1. The Morgan fingerprint density at radius 2 is 1.82 bits per heavy atom. The highest BCUT2D eigenvalue weighted by Crippen LogP contribution is 2.23. The fourth-order valence-electron chi connectivity index (χ4n) is 3.28. The molecule has 1 heterocycles. The van der Waals surface area contributed by atoms with Crippen LogP contribution in [0.3, 0.4) is 0 Å². The van der Waals surface area contributed by atoms with Gasteiger partial charge in [0.15, 0.2) is 0 Å². The molecule has 0 spiro atoms. The molecule has 0 aliphatic heterocycles. The third-order valence-corrected chi connectivity index (χ3v) is 6.73. The second-order valence-electron chi connectivity index (χ2n) is 7.39. The van der Waals surface area contributed by atoms with Crippen LogP contribution in [0.2, 0.25) is 5.02 Å². The Hall–Kier alpha value is -3.62. The summed E-state index contributed by atoms with van der Waals surface area (Å²) in [5.74, 6) is -0.420. The second kappa shape index (κ2) is 9.48. The number of benzene rings is 3. The fraction of sp³-hybridized carbons (Fsp3) is 0.0833. The summed E-state index contributed by atoms with van der Waals surface area (Å²) in [7, 11) is -3.80. The van der Waals surface area contributed by atoms with Crippen LogP contribution in [0.1, 0.15) is 21.5 Å². The maximum atomic E-state index is 12.9. The first kappa shape index (κ1) is 22.6. The molecule has 168 valence electrons. The Morgan fingerprint density at radius 1 is 1.06 bits per heavy atom. The lowest BCUT2D eigenvalue weighted by molar-refractivity contribution is 0.0951. The molecule has 0 atom stereocenters. The molecule has 2 N–H and O–H groups in total. The zero-order chi connectivity index (χ0) is 23.4. The summed E-state index contributed by atoms with van der Waals surface area (Å²) < 4.78 is 29.7. The third kappa shape index (κ3) is 5.24. The van der Waals surface area contributed by atoms with Gasteiger partial charge in [-0.25, -0.2) is 13.4 Å². The van der Waals surface area contributed by atoms with E-state index in [0.717, 1.165) is 16.8 Å². The molecule has 0 aliphatic rings. The van der Waals surface area contributed by atoms with Gasteiger partial charge < -0.3 is 9.88 Å². The van der Waals surface area contributed by atoms with Crippen molar-refractivity contribution in [2.75, 3.05) is 4.72 Å². The number of sulfonamides is 1. The van der Waals surface area contributed by atoms with Gasteiger partial charge in [-0.15, -0.1) is 0 Å². The molecule has 3 aromatic carbocycles. The van der Waals surface area contributed by atoms with Crippen molar-refractivity contribution < 1.29 is 13.2 Å². The van der Waals surface area contributed by atoms with Gasteiger partial charge in [0.05, 0.1) is 27.5 Å². The molecule has 9 heteroatoms. The Morgan fingerprint density at radius 3 is 2.55 bits per heavy atom. The maximum Gasteiger partial charge on any atom is 0.261 e. The van der Waals surface area contributed by atoms with Crippen LogP contribution >= 0.6 is 11.6 Å². The molecule has 4 rings (SSSR count). The predicted octanol–water partition coefficient (Wildman–Crippen LogP) is 4.56. The summed E-state index contributed by atoms with van der Waals surface area (Å²) in [5, 5.41) is 3.07. The molecule has 0 unspecified atom stereocenters. The van der Waals surface area contributed by atoms with E-state index in [9.17, 15) is 13.2 Å². The van der Waals surface area contributed by atoms with Crippen molar-refractivity contribution in [2.24, 2.45) is 0 Å². The van der Waals surface area contributed by atoms with Crippen LogP contribution in [0.15, 0.2) is 90.3 Å². The van der Waals surface area contributed by atoms with E-state index in [0.29, 0.717) is 0 Å². The molecule has 1 amide bonds. The number of para-hydroxylation sites is 1. The molecular formula is C24H21ClN4O3S. The first-order chi connectivity index (χ1) is 15.8. The molecule has 4 aromatic rings. The van der Waals surface area contributed by atoms with Crippen molar-refractivity contribution >= 4 is 33.2 Å². The number of aromatic nitrogens is 2. The van der Waals surface area contributed by atoms with E-state index in [-0.39, 0.29) is 27.7 Å². The van der Waals surface area contributed by atoms with E-state index in [2.05, 4.69) is 15.0 Å². The molecule has 33 heavy (non-hydrogen) atoms. The molecule has 0 aliphatic carbocycles. The summed E-state index contributed by atoms with van der Waals surface area (Å²) in [6.07, 6.45) is 5.18. The Kier molecular flexibility index (Phi) is 6.48. The van der Waals surface area contributed by atoms with E-state index in [1.807, 2.05) is 42.0 Å². The van der Waals surface area contributed by atoms with Gasteiger partial charge >= 0.3 is 0 Å². The topological polar surface area (TPSA) is 93.1 Å². The first-order valence-corrected chi connectivity index (χ1v) is 11.9. The Labute approximate surface area is 197 Å². The number of carbonyl (C=O) groups is 1. The molecule has 1 aromatic heterocycles. The minimum absolute atomic E-state index is 0.130. The van der Waals surface area contributed by atoms with Crippen molar-refractivity contribution in [3.05, 3.63) is 107 Å². The van der Waals surface area contributed by atoms with E-state index in [1.54, 1.807) is 24.7 Å². The minimum Gasteiger partial charge on any atom is -0.348 e. The molecule has 0 radical (unpaired) electrons. The molecule has 0 saturated heterocycles. The van der Waals surface area contributed by atoms with Gasteiger partial charge in [-0.1, -0.05) is 47.5 Å². The van der Waals surface area contributed by atoms with Gasteiger partial charge in [0.25, 0.3) is 15.9 Å². The lowest BCUT2D eigenvalue weighted by Crippen LogP contribution is -2.24. The zero-order valence-electron chi connectivity index (χ0n) is 17.7. The van der Waals surface area contributed by atoms with Crippen LogP contribution in [0.5, 0.6) is 0 Å². The average Bonchev–Trinajstić information content (AvgIpc) is 3.34. The Balaban J connectivity index is 1.51. The average molecular weight is 481 g/mol. The van der Waals surface area contributed by atoms with Gasteiger partial charge in [0.1, 0.15) is 0 Å². The highest BCUT2D eigenvalue weighted by Gasteiger charge is 2.17. The van der Waals surface area contributed by atoms with Crippen LogP contribution < -0.4 is 10.0 Å². The first-order valence-electron chi connectivity index (χ1n) is 10.1. The summed E-state index contributed by atoms with van der Waals surface area (Å²) in [5.41, 5.74) is 3.14. The quantitative estimate of drug-likeness (QED) is 0.405. The number of halogens is 1. The van der Waals surface area contributed by atoms with Gasteiger partial charge in [-0.3, -0.25) is 9.52 Å². The number of nitrogens with one attached hydrogen (secondary N) is 2. The predicted molar refractivity (Wildman–Crippen MR) is 128 cm³/mol. The smallest absolute Gasteiger partial charge is 0.261 e. The monoisotopic (exact) mass is 480 g/mol. The molecule has 0 saturated carbocycles. The molecular weight excluding hydrogens is 460 g/mol. The van der Waals surface area contributed by atoms with Gasteiger partial charge in [-0.05, 0) is 48.9 Å². The number of imidazole rings is 1. The third-order valence-electron chi connectivity index (χ3n) is 5.01. The number of carbonyl (C=O) groups excluding carboxylic acids is 1. The van der Waals surface area contributed by atoms with E-state index in [4.69, 9.17) is 11.6 Å². The van der Waals surface area contributed by atoms with Gasteiger partial charge in [-0.2, -0.15) is 0 Å². The lowest BCUT2D eigenvalue weighted by Gasteiger charge is -2.13. The lowest BCUT2D eigenvalue weighted by atomic mass is 10.1. The highest BCUT2D eigenvalue weighted by molar-refractivity contribution is 7.92. The maximum absolute atomic E-state index is 12.9. The summed E-state index contributed by atoms with van der Waals surface area (Å²) in [6, 6.07) is 18.5. The van der Waals surface area contributed by atoms with Gasteiger partial charge in [0.2, 0.25) is 0 Å². The number of amides is 1. The summed E-state index contributed by atoms with van der Waals surface area (Å²) in [6.45, 7) is 2.13. The van der Waals surface area contributed by atoms with E-state index >= 15 is 0 Å². The van der Waals surface area contributed by atoms with Crippen LogP contribution in [0.4, 0.5) is 5.69 Å². The van der Waals surface area contributed by atoms with Crippen molar-refractivity contribution in [3.8, 4) is 5.69 Å². The zero-order valence-corrected chi connectivity index (χ0v) is 19.3. The normalized spacial score (nSPS) is 11.2. The number of hydrogen-bond acceptors (Lipinski definition) is 4. The summed E-state index contributed by atoms with van der Waals surface area (Å²) >= 11 is 6.24. The van der Waals surface area contributed by atoms with Crippen molar-refractivity contribution in [1.29, 1.82) is 0 Å². The highest BCUT2D eigenvalue weighted by atomic mass is 35.5. The molecule has 0 fully saturated rings. The number of anilines is 1. The minimum atomic E-state index is -3.80. The second-order valence-corrected chi connectivity index (χ2v) is 9.48. The number of aryl methyl sites for hydroxylation is 1. The fourth-order valence-corrected chi connectivity index (χ4v) is 4.53. The Bertz CT molecular complexity index is 1390. The molecule has 7 nitrogen and oxygen atoms in total. The number of hydrogen-bond donors (Lipinski definition) is 2. The van der Waals surface area contributed by atoms with Crippen LogP contribution in [-0.2, 0) is 16.6 Å². The van der Waals surface area contributed by atoms with Gasteiger partial charge in [0, 0.05) is 24.6 Å². The van der Waals surface area contributed by atoms with Crippen molar-refractivity contribution in [3.63, 3.8) is 0 Å². The van der Waals surface area contributed by atoms with Crippen LogP contribution in [0, 0.1) is 6.92 Å². The van der Waals surface area contributed by atoms with Crippen molar-refractivity contribution in [2.45, 2.75) is 18.4 Å². The van der Waals surface area contributed by atoms with Crippen LogP contribution in [0.25, 0.3) is 5.69 Å².